The van der Waals surface area contributed by atoms with E-state index < -0.39 is 12.4 Å². The molecule has 6 nitrogen and oxygen atoms in total. The van der Waals surface area contributed by atoms with Crippen molar-refractivity contribution < 1.29 is 17.9 Å². The van der Waals surface area contributed by atoms with Crippen LogP contribution in [-0.2, 0) is 0 Å². The Balaban J connectivity index is 1.83. The number of hydrazine groups is 2. The molecule has 1 fully saturated rings. The molecule has 2 unspecified atom stereocenters. The third-order valence-corrected chi connectivity index (χ3v) is 3.99. The van der Waals surface area contributed by atoms with Crippen molar-refractivity contribution in [2.45, 2.75) is 18.4 Å². The predicted molar refractivity (Wildman–Crippen MR) is 75.8 cm³/mol. The van der Waals surface area contributed by atoms with Gasteiger partial charge in [-0.15, -0.1) is 24.5 Å². The smallest absolute Gasteiger partial charge is 0.406 e. The Morgan fingerprint density at radius 3 is 2.87 bits per heavy atom. The molecular weight excluding hydrogens is 331 g/mol. The van der Waals surface area contributed by atoms with Gasteiger partial charge in [0.25, 0.3) is 0 Å². The molecule has 3 rings (SSSR count). The lowest BCUT2D eigenvalue weighted by molar-refractivity contribution is -0.274. The second-order valence-electron chi connectivity index (χ2n) is 4.65. The number of halogens is 3. The van der Waals surface area contributed by atoms with Crippen LogP contribution in [0.15, 0.2) is 29.6 Å². The molecule has 0 spiro atoms. The molecule has 1 saturated heterocycles. The van der Waals surface area contributed by atoms with Gasteiger partial charge in [-0.05, 0) is 12.1 Å². The molecule has 1 aliphatic rings. The number of aromatic nitrogens is 1. The van der Waals surface area contributed by atoms with Crippen molar-refractivity contribution >= 4 is 11.3 Å². The van der Waals surface area contributed by atoms with E-state index in [0.29, 0.717) is 16.3 Å². The Kier molecular flexibility index (Phi) is 4.18. The third kappa shape index (κ3) is 3.59. The molecule has 1 aliphatic heterocycles. The first kappa shape index (κ1) is 15.7. The second-order valence-corrected chi connectivity index (χ2v) is 5.51. The van der Waals surface area contributed by atoms with E-state index in [0.717, 1.165) is 0 Å². The molecule has 2 heterocycles. The Bertz CT molecular complexity index is 742. The molecule has 2 aromatic rings. The van der Waals surface area contributed by atoms with Gasteiger partial charge < -0.3 is 4.74 Å². The van der Waals surface area contributed by atoms with Crippen LogP contribution >= 0.6 is 11.3 Å². The van der Waals surface area contributed by atoms with Crippen molar-refractivity contribution in [3.05, 3.63) is 35.3 Å². The molecule has 0 aliphatic carbocycles. The van der Waals surface area contributed by atoms with Gasteiger partial charge in [-0.3, -0.25) is 0 Å². The first-order valence-electron chi connectivity index (χ1n) is 6.43. The maximum atomic E-state index is 12.3. The summed E-state index contributed by atoms with van der Waals surface area (Å²) in [5, 5.41) is 11.3. The lowest BCUT2D eigenvalue weighted by Crippen LogP contribution is -2.32. The highest BCUT2D eigenvalue weighted by atomic mass is 32.1. The molecule has 3 N–H and O–H groups in total. The standard InChI is InChI=1S/C13H10F3N5OS/c14-13(15,16)22-8-3-1-2-7(4-8)12-18-10(6-23-12)11-9(5-17)19-21-20-11/h1-4,6,9,11,19-21H. The zero-order valence-corrected chi connectivity index (χ0v) is 12.2. The van der Waals surface area contributed by atoms with Crippen molar-refractivity contribution in [2.24, 2.45) is 0 Å². The summed E-state index contributed by atoms with van der Waals surface area (Å²) in [7, 11) is 0. The second kappa shape index (κ2) is 6.13. The highest BCUT2D eigenvalue weighted by molar-refractivity contribution is 7.13. The fraction of sp³-hybridized carbons (Fsp3) is 0.231. The number of benzene rings is 1. The summed E-state index contributed by atoms with van der Waals surface area (Å²) in [5.74, 6) is -0.302. The number of hydrogen-bond donors (Lipinski definition) is 3. The quantitative estimate of drug-likeness (QED) is 0.794. The Hall–Kier alpha value is -2.19. The molecule has 23 heavy (non-hydrogen) atoms. The molecule has 0 bridgehead atoms. The summed E-state index contributed by atoms with van der Waals surface area (Å²) in [5.41, 5.74) is 9.39. The van der Waals surface area contributed by atoms with Gasteiger partial charge in [0.2, 0.25) is 0 Å². The third-order valence-electron chi connectivity index (χ3n) is 3.08. The van der Waals surface area contributed by atoms with Crippen LogP contribution < -0.4 is 21.1 Å². The van der Waals surface area contributed by atoms with E-state index in [4.69, 9.17) is 5.26 Å². The number of alkyl halides is 3. The molecular formula is C13H10F3N5OS. The van der Waals surface area contributed by atoms with Crippen molar-refractivity contribution in [3.8, 4) is 22.4 Å². The van der Waals surface area contributed by atoms with Gasteiger partial charge in [0.05, 0.1) is 17.8 Å². The maximum Gasteiger partial charge on any atom is 0.573 e. The van der Waals surface area contributed by atoms with Gasteiger partial charge >= 0.3 is 6.36 Å². The normalized spacial score (nSPS) is 21.1. The Morgan fingerprint density at radius 2 is 2.13 bits per heavy atom. The summed E-state index contributed by atoms with van der Waals surface area (Å²) in [6, 6.07) is 6.85. The number of thiazole rings is 1. The summed E-state index contributed by atoms with van der Waals surface area (Å²) in [6.45, 7) is 0. The van der Waals surface area contributed by atoms with E-state index in [1.807, 2.05) is 0 Å². The lowest BCUT2D eigenvalue weighted by atomic mass is 10.1. The average molecular weight is 341 g/mol. The van der Waals surface area contributed by atoms with Crippen molar-refractivity contribution in [3.63, 3.8) is 0 Å². The SMILES string of the molecule is N#CC1NNNC1c1csc(-c2cccc(OC(F)(F)F)c2)n1. The first-order chi connectivity index (χ1) is 11.0. The zero-order valence-electron chi connectivity index (χ0n) is 11.4. The monoisotopic (exact) mass is 341 g/mol. The summed E-state index contributed by atoms with van der Waals surface area (Å²) >= 11 is 1.28. The van der Waals surface area contributed by atoms with Crippen LogP contribution in [0.5, 0.6) is 5.75 Å². The highest BCUT2D eigenvalue weighted by Crippen LogP contribution is 2.31. The minimum absolute atomic E-state index is 0.302. The van der Waals surface area contributed by atoms with Crippen LogP contribution in [0, 0.1) is 11.3 Å². The number of ether oxygens (including phenoxy) is 1. The minimum atomic E-state index is -4.74. The largest absolute Gasteiger partial charge is 0.573 e. The fourth-order valence-corrected chi connectivity index (χ4v) is 2.96. The van der Waals surface area contributed by atoms with E-state index in [-0.39, 0.29) is 11.8 Å². The lowest BCUT2D eigenvalue weighted by Gasteiger charge is -2.09. The van der Waals surface area contributed by atoms with Crippen LogP contribution in [0.4, 0.5) is 13.2 Å². The van der Waals surface area contributed by atoms with Crippen LogP contribution in [0.3, 0.4) is 0 Å². The van der Waals surface area contributed by atoms with Crippen LogP contribution in [0.25, 0.3) is 10.6 Å². The van der Waals surface area contributed by atoms with E-state index in [2.05, 4.69) is 32.2 Å². The van der Waals surface area contributed by atoms with Crippen molar-refractivity contribution in [2.75, 3.05) is 0 Å². The van der Waals surface area contributed by atoms with Gasteiger partial charge in [0.15, 0.2) is 0 Å². The Morgan fingerprint density at radius 1 is 1.30 bits per heavy atom. The molecule has 10 heteroatoms. The average Bonchev–Trinajstić information content (AvgIpc) is 3.14. The Labute approximate surface area is 132 Å². The van der Waals surface area contributed by atoms with E-state index in [9.17, 15) is 13.2 Å². The molecule has 1 aromatic heterocycles. The number of nitrogens with one attached hydrogen (secondary N) is 3. The minimum Gasteiger partial charge on any atom is -0.406 e. The number of rotatable bonds is 3. The molecule has 120 valence electrons. The van der Waals surface area contributed by atoms with Crippen LogP contribution in [-0.4, -0.2) is 17.4 Å². The molecule has 2 atom stereocenters. The van der Waals surface area contributed by atoms with Crippen LogP contribution in [0.2, 0.25) is 0 Å². The van der Waals surface area contributed by atoms with E-state index in [1.54, 1.807) is 11.4 Å². The van der Waals surface area contributed by atoms with Gasteiger partial charge in [-0.1, -0.05) is 12.1 Å². The van der Waals surface area contributed by atoms with Gasteiger partial charge in [0, 0.05) is 10.9 Å². The number of nitriles is 1. The van der Waals surface area contributed by atoms with E-state index in [1.165, 1.54) is 29.5 Å². The topological polar surface area (TPSA) is 82.0 Å². The van der Waals surface area contributed by atoms with E-state index >= 15 is 0 Å². The van der Waals surface area contributed by atoms with Crippen molar-refractivity contribution in [1.29, 1.82) is 5.26 Å². The molecule has 0 radical (unpaired) electrons. The maximum absolute atomic E-state index is 12.3. The van der Waals surface area contributed by atoms with Gasteiger partial charge in [-0.25, -0.2) is 15.8 Å². The molecule has 0 amide bonds. The predicted octanol–water partition coefficient (Wildman–Crippen LogP) is 2.25. The zero-order chi connectivity index (χ0) is 16.4. The summed E-state index contributed by atoms with van der Waals surface area (Å²) in [4.78, 5) is 4.39. The molecule has 1 aromatic carbocycles. The summed E-state index contributed by atoms with van der Waals surface area (Å²) < 4.78 is 40.7. The number of hydrogen-bond acceptors (Lipinski definition) is 7. The number of nitrogens with zero attached hydrogens (tertiary/aromatic N) is 2. The van der Waals surface area contributed by atoms with Crippen LogP contribution in [0.1, 0.15) is 11.7 Å². The highest BCUT2D eigenvalue weighted by Gasteiger charge is 2.32. The van der Waals surface area contributed by atoms with Gasteiger partial charge in [0.1, 0.15) is 16.8 Å². The van der Waals surface area contributed by atoms with Crippen molar-refractivity contribution in [1.82, 2.24) is 21.4 Å². The first-order valence-corrected chi connectivity index (χ1v) is 7.31. The fourth-order valence-electron chi connectivity index (χ4n) is 2.10. The van der Waals surface area contributed by atoms with Gasteiger partial charge in [-0.2, -0.15) is 10.8 Å². The summed E-state index contributed by atoms with van der Waals surface area (Å²) in [6.07, 6.45) is -4.74. The molecule has 0 saturated carbocycles.